The highest BCUT2D eigenvalue weighted by atomic mass is 16.5. The molecule has 0 aliphatic carbocycles. The molecule has 0 rings (SSSR count). The predicted molar refractivity (Wildman–Crippen MR) is 91.2 cm³/mol. The number of methoxy groups -OCH3 is 1. The fourth-order valence-electron chi connectivity index (χ4n) is 1.73. The van der Waals surface area contributed by atoms with Crippen LogP contribution in [0.3, 0.4) is 0 Å². The van der Waals surface area contributed by atoms with Crippen molar-refractivity contribution in [2.45, 2.75) is 58.3 Å². The van der Waals surface area contributed by atoms with Crippen LogP contribution >= 0.6 is 0 Å². The second-order valence-corrected chi connectivity index (χ2v) is 4.82. The fraction of sp³-hybridized carbons (Fsp3) is 0.526. The third kappa shape index (κ3) is 16.4. The number of hydrogen-bond donors (Lipinski definition) is 0. The summed E-state index contributed by atoms with van der Waals surface area (Å²) in [6.45, 7) is 2.15. The molecule has 0 aliphatic heterocycles. The topological polar surface area (TPSA) is 26.3 Å². The Bertz CT molecular complexity index is 349. The highest BCUT2D eigenvalue weighted by molar-refractivity contribution is 5.68. The maximum Gasteiger partial charge on any atom is 0.305 e. The smallest absolute Gasteiger partial charge is 0.305 e. The molecule has 0 bridgehead atoms. The molecule has 0 aromatic rings. The van der Waals surface area contributed by atoms with E-state index in [-0.39, 0.29) is 5.97 Å². The highest BCUT2D eigenvalue weighted by Crippen LogP contribution is 2.02. The van der Waals surface area contributed by atoms with Crippen molar-refractivity contribution in [3.05, 3.63) is 48.6 Å². The SMILES string of the molecule is CCC=CCC=CCC=CC/C=C\CCCCC(=O)OC. The Kier molecular flexibility index (Phi) is 15.3. The van der Waals surface area contributed by atoms with E-state index in [1.54, 1.807) is 0 Å². The maximum atomic E-state index is 10.9. The van der Waals surface area contributed by atoms with Crippen LogP contribution in [0.15, 0.2) is 48.6 Å². The van der Waals surface area contributed by atoms with Gasteiger partial charge < -0.3 is 4.74 Å². The summed E-state index contributed by atoms with van der Waals surface area (Å²) in [6, 6.07) is 0. The van der Waals surface area contributed by atoms with E-state index in [9.17, 15) is 4.79 Å². The average Bonchev–Trinajstić information content (AvgIpc) is 2.50. The van der Waals surface area contributed by atoms with Gasteiger partial charge in [-0.2, -0.15) is 0 Å². The van der Waals surface area contributed by atoms with Gasteiger partial charge >= 0.3 is 5.97 Å². The highest BCUT2D eigenvalue weighted by Gasteiger charge is 1.97. The molecule has 2 heteroatoms. The van der Waals surface area contributed by atoms with E-state index in [4.69, 9.17) is 0 Å². The number of ether oxygens (including phenoxy) is 1. The molecule has 0 aromatic carbocycles. The molecule has 0 saturated carbocycles. The van der Waals surface area contributed by atoms with Gasteiger partial charge in [0.2, 0.25) is 0 Å². The van der Waals surface area contributed by atoms with Gasteiger partial charge in [0.1, 0.15) is 0 Å². The lowest BCUT2D eigenvalue weighted by molar-refractivity contribution is -0.140. The van der Waals surface area contributed by atoms with E-state index < -0.39 is 0 Å². The Hall–Kier alpha value is -1.57. The number of carbonyl (C=O) groups excluding carboxylic acids is 1. The van der Waals surface area contributed by atoms with E-state index in [1.165, 1.54) is 7.11 Å². The van der Waals surface area contributed by atoms with E-state index in [0.29, 0.717) is 6.42 Å². The van der Waals surface area contributed by atoms with Crippen LogP contribution < -0.4 is 0 Å². The van der Waals surface area contributed by atoms with Crippen molar-refractivity contribution in [3.63, 3.8) is 0 Å². The van der Waals surface area contributed by atoms with Gasteiger partial charge in [-0.05, 0) is 44.9 Å². The maximum absolute atomic E-state index is 10.9. The zero-order chi connectivity index (χ0) is 15.6. The number of unbranched alkanes of at least 4 members (excludes halogenated alkanes) is 2. The number of allylic oxidation sites excluding steroid dienone is 8. The Morgan fingerprint density at radius 2 is 1.33 bits per heavy atom. The Morgan fingerprint density at radius 1 is 0.810 bits per heavy atom. The molecule has 0 aromatic heterocycles. The molecular formula is C19H30O2. The summed E-state index contributed by atoms with van der Waals surface area (Å²) >= 11 is 0. The van der Waals surface area contributed by atoms with Gasteiger partial charge in [-0.3, -0.25) is 4.79 Å². The monoisotopic (exact) mass is 290 g/mol. The van der Waals surface area contributed by atoms with Gasteiger partial charge in [0, 0.05) is 6.42 Å². The van der Waals surface area contributed by atoms with E-state index in [0.717, 1.165) is 44.9 Å². The minimum Gasteiger partial charge on any atom is -0.469 e. The Balaban J connectivity index is 3.40. The molecule has 0 spiro atoms. The molecule has 0 radical (unpaired) electrons. The summed E-state index contributed by atoms with van der Waals surface area (Å²) in [5.74, 6) is -0.111. The third-order valence-corrected chi connectivity index (χ3v) is 2.95. The van der Waals surface area contributed by atoms with Crippen LogP contribution in [0, 0.1) is 0 Å². The summed E-state index contributed by atoms with van der Waals surface area (Å²) in [5, 5.41) is 0. The quantitative estimate of drug-likeness (QED) is 0.268. The molecule has 0 heterocycles. The van der Waals surface area contributed by atoms with Crippen LogP contribution in [-0.2, 0) is 9.53 Å². The Morgan fingerprint density at radius 3 is 1.86 bits per heavy atom. The summed E-state index contributed by atoms with van der Waals surface area (Å²) in [7, 11) is 1.44. The van der Waals surface area contributed by atoms with E-state index >= 15 is 0 Å². The normalized spacial score (nSPS) is 12.3. The van der Waals surface area contributed by atoms with Crippen LogP contribution in [0.4, 0.5) is 0 Å². The van der Waals surface area contributed by atoms with Gasteiger partial charge in [0.05, 0.1) is 7.11 Å². The first-order valence-electron chi connectivity index (χ1n) is 7.98. The lowest BCUT2D eigenvalue weighted by Gasteiger charge is -1.96. The van der Waals surface area contributed by atoms with Crippen molar-refractivity contribution in [2.24, 2.45) is 0 Å². The molecule has 0 N–H and O–H groups in total. The number of rotatable bonds is 12. The van der Waals surface area contributed by atoms with Gasteiger partial charge in [0.25, 0.3) is 0 Å². The first-order valence-corrected chi connectivity index (χ1v) is 7.98. The molecule has 0 amide bonds. The van der Waals surface area contributed by atoms with Crippen LogP contribution in [0.5, 0.6) is 0 Å². The standard InChI is InChI=1S/C19H30O2/c1-3-4-5-6-7-8-9-10-11-12-13-14-15-16-17-18-19(20)21-2/h4-5,7-8,10-11,13-14H,3,6,9,12,15-18H2,1-2H3/b5-4?,8-7?,11-10?,14-13-. The van der Waals surface area contributed by atoms with Crippen molar-refractivity contribution >= 4 is 5.97 Å². The first kappa shape index (κ1) is 19.4. The summed E-state index contributed by atoms with van der Waals surface area (Å²) < 4.78 is 4.59. The van der Waals surface area contributed by atoms with Gasteiger partial charge in [0.15, 0.2) is 0 Å². The zero-order valence-corrected chi connectivity index (χ0v) is 13.6. The molecule has 0 fully saturated rings. The van der Waals surface area contributed by atoms with Crippen molar-refractivity contribution < 1.29 is 9.53 Å². The van der Waals surface area contributed by atoms with Crippen molar-refractivity contribution in [3.8, 4) is 0 Å². The molecule has 2 nitrogen and oxygen atoms in total. The fourth-order valence-corrected chi connectivity index (χ4v) is 1.73. The molecular weight excluding hydrogens is 260 g/mol. The van der Waals surface area contributed by atoms with Crippen molar-refractivity contribution in [2.75, 3.05) is 7.11 Å². The van der Waals surface area contributed by atoms with E-state index in [1.807, 2.05) is 0 Å². The van der Waals surface area contributed by atoms with Crippen molar-refractivity contribution in [1.29, 1.82) is 0 Å². The summed E-state index contributed by atoms with van der Waals surface area (Å²) in [5.41, 5.74) is 0. The largest absolute Gasteiger partial charge is 0.469 e. The second kappa shape index (κ2) is 16.5. The summed E-state index contributed by atoms with van der Waals surface area (Å²) in [4.78, 5) is 10.9. The van der Waals surface area contributed by atoms with E-state index in [2.05, 4.69) is 60.3 Å². The minimum atomic E-state index is -0.111. The number of carbonyl (C=O) groups is 1. The third-order valence-electron chi connectivity index (χ3n) is 2.95. The van der Waals surface area contributed by atoms with Crippen molar-refractivity contribution in [1.82, 2.24) is 0 Å². The second-order valence-electron chi connectivity index (χ2n) is 4.82. The lowest BCUT2D eigenvalue weighted by Crippen LogP contribution is -1.98. The number of hydrogen-bond acceptors (Lipinski definition) is 2. The Labute approximate surface area is 130 Å². The van der Waals surface area contributed by atoms with Gasteiger partial charge in [-0.15, -0.1) is 0 Å². The minimum absolute atomic E-state index is 0.111. The average molecular weight is 290 g/mol. The first-order chi connectivity index (χ1) is 10.3. The van der Waals surface area contributed by atoms with Crippen LogP contribution in [0.1, 0.15) is 58.3 Å². The lowest BCUT2D eigenvalue weighted by atomic mass is 10.2. The van der Waals surface area contributed by atoms with Crippen LogP contribution in [0.2, 0.25) is 0 Å². The predicted octanol–water partition coefficient (Wildman–Crippen LogP) is 5.52. The van der Waals surface area contributed by atoms with Gasteiger partial charge in [-0.1, -0.05) is 55.5 Å². The molecule has 0 unspecified atom stereocenters. The summed E-state index contributed by atoms with van der Waals surface area (Å²) in [6.07, 6.45) is 25.2. The molecule has 0 aliphatic rings. The van der Waals surface area contributed by atoms with Crippen LogP contribution in [0.25, 0.3) is 0 Å². The zero-order valence-electron chi connectivity index (χ0n) is 13.6. The molecule has 0 atom stereocenters. The number of esters is 1. The van der Waals surface area contributed by atoms with Gasteiger partial charge in [-0.25, -0.2) is 0 Å². The molecule has 118 valence electrons. The van der Waals surface area contributed by atoms with Crippen LogP contribution in [-0.4, -0.2) is 13.1 Å². The molecule has 0 saturated heterocycles. The molecule has 21 heavy (non-hydrogen) atoms.